The van der Waals surface area contributed by atoms with E-state index in [2.05, 4.69) is 72.3 Å². The van der Waals surface area contributed by atoms with E-state index in [-0.39, 0.29) is 0 Å². The monoisotopic (exact) mass is 290 g/mol. The Kier molecular flexibility index (Phi) is 8.04. The lowest BCUT2D eigenvalue weighted by molar-refractivity contribution is 0.631. The number of allylic oxidation sites excluding steroid dienone is 8. The Hall–Kier alpha value is -1.92. The lowest BCUT2D eigenvalue weighted by Crippen LogP contribution is -1.88. The van der Waals surface area contributed by atoms with Gasteiger partial charge in [-0.3, -0.25) is 0 Å². The molecule has 0 aromatic heterocycles. The van der Waals surface area contributed by atoms with Crippen molar-refractivity contribution in [2.45, 2.75) is 51.4 Å². The van der Waals surface area contributed by atoms with Gasteiger partial charge in [0.25, 0.3) is 0 Å². The van der Waals surface area contributed by atoms with E-state index < -0.39 is 0 Å². The second-order valence-corrected chi connectivity index (χ2v) is 5.96. The highest BCUT2D eigenvalue weighted by Crippen LogP contribution is 2.17. The summed E-state index contributed by atoms with van der Waals surface area (Å²) in [5.74, 6) is 13.6. The first-order valence-electron chi connectivity index (χ1n) is 8.61. The third-order valence-electron chi connectivity index (χ3n) is 4.07. The Morgan fingerprint density at radius 3 is 1.36 bits per heavy atom. The van der Waals surface area contributed by atoms with Crippen molar-refractivity contribution >= 4 is 0 Å². The number of hydrogen-bond donors (Lipinski definition) is 0. The summed E-state index contributed by atoms with van der Waals surface area (Å²) >= 11 is 0. The molecule has 0 aliphatic heterocycles. The largest absolute Gasteiger partial charge is 0.0891 e. The Bertz CT molecular complexity index is 472. The third kappa shape index (κ3) is 7.19. The van der Waals surface area contributed by atoms with Crippen molar-refractivity contribution < 1.29 is 0 Å². The maximum atomic E-state index is 3.17. The molecule has 0 aromatic rings. The van der Waals surface area contributed by atoms with E-state index in [0.29, 0.717) is 11.8 Å². The van der Waals surface area contributed by atoms with Gasteiger partial charge in [0, 0.05) is 12.8 Å². The van der Waals surface area contributed by atoms with E-state index in [0.717, 1.165) is 12.8 Å². The molecule has 2 rings (SSSR count). The van der Waals surface area contributed by atoms with Gasteiger partial charge in [-0.15, -0.1) is 0 Å². The molecule has 0 heteroatoms. The third-order valence-corrected chi connectivity index (χ3v) is 4.07. The summed E-state index contributed by atoms with van der Waals surface area (Å²) < 4.78 is 0. The van der Waals surface area contributed by atoms with Crippen LogP contribution in [0.2, 0.25) is 0 Å². The minimum absolute atomic E-state index is 0.669. The second kappa shape index (κ2) is 10.8. The van der Waals surface area contributed by atoms with Gasteiger partial charge in [-0.2, -0.15) is 0 Å². The van der Waals surface area contributed by atoms with Crippen molar-refractivity contribution in [3.05, 3.63) is 48.6 Å². The predicted octanol–water partition coefficient (Wildman–Crippen LogP) is 5.60. The van der Waals surface area contributed by atoms with Crippen LogP contribution in [0.3, 0.4) is 0 Å². The summed E-state index contributed by atoms with van der Waals surface area (Å²) in [6.07, 6.45) is 27.0. The zero-order valence-corrected chi connectivity index (χ0v) is 13.4. The highest BCUT2D eigenvalue weighted by atomic mass is 14.1. The average Bonchev–Trinajstić information content (AvgIpc) is 3.21. The van der Waals surface area contributed by atoms with Gasteiger partial charge in [0.1, 0.15) is 0 Å². The Morgan fingerprint density at radius 1 is 0.545 bits per heavy atom. The van der Waals surface area contributed by atoms with Crippen LogP contribution >= 0.6 is 0 Å². The van der Waals surface area contributed by atoms with Crippen LogP contribution in [0.15, 0.2) is 48.6 Å². The lowest BCUT2D eigenvalue weighted by Gasteiger charge is -2.02. The van der Waals surface area contributed by atoms with Crippen LogP contribution < -0.4 is 0 Å². The molecular formula is C22H26. The molecule has 0 saturated heterocycles. The fraction of sp³-hybridized carbons (Fsp3) is 0.455. The molecule has 0 saturated carbocycles. The van der Waals surface area contributed by atoms with Gasteiger partial charge in [-0.1, -0.05) is 73.3 Å². The molecule has 0 aromatic carbocycles. The van der Waals surface area contributed by atoms with Gasteiger partial charge in [-0.25, -0.2) is 0 Å². The Morgan fingerprint density at radius 2 is 0.955 bits per heavy atom. The quantitative estimate of drug-likeness (QED) is 0.403. The summed E-state index contributed by atoms with van der Waals surface area (Å²) in [6, 6.07) is 0. The van der Waals surface area contributed by atoms with Crippen molar-refractivity contribution in [3.63, 3.8) is 0 Å². The standard InChI is InChI=1S/C22H26/c1(3-5-7-9-15-21-17-11-12-18-21)2-4-6-8-10-16-22-19-13-14-20-22/h11-14,17-22H,5-10,15-16H2. The predicted molar refractivity (Wildman–Crippen MR) is 96.0 cm³/mol. The summed E-state index contributed by atoms with van der Waals surface area (Å²) in [4.78, 5) is 0. The fourth-order valence-corrected chi connectivity index (χ4v) is 2.74. The van der Waals surface area contributed by atoms with Gasteiger partial charge in [0.2, 0.25) is 0 Å². The van der Waals surface area contributed by atoms with Crippen LogP contribution in [-0.2, 0) is 0 Å². The molecule has 0 amide bonds. The number of hydrogen-bond acceptors (Lipinski definition) is 0. The zero-order chi connectivity index (χ0) is 15.3. The molecule has 2 aliphatic rings. The van der Waals surface area contributed by atoms with Crippen LogP contribution in [0.4, 0.5) is 0 Å². The Labute approximate surface area is 136 Å². The van der Waals surface area contributed by atoms with Gasteiger partial charge in [0.05, 0.1) is 0 Å². The van der Waals surface area contributed by atoms with E-state index in [9.17, 15) is 0 Å². The van der Waals surface area contributed by atoms with E-state index >= 15 is 0 Å². The molecule has 0 spiro atoms. The van der Waals surface area contributed by atoms with Crippen molar-refractivity contribution in [1.82, 2.24) is 0 Å². The van der Waals surface area contributed by atoms with E-state index in [1.165, 1.54) is 38.5 Å². The molecule has 0 radical (unpaired) electrons. The van der Waals surface area contributed by atoms with Gasteiger partial charge in [0.15, 0.2) is 0 Å². The fourth-order valence-electron chi connectivity index (χ4n) is 2.74. The zero-order valence-electron chi connectivity index (χ0n) is 13.4. The van der Waals surface area contributed by atoms with E-state index in [1.807, 2.05) is 0 Å². The highest BCUT2D eigenvalue weighted by molar-refractivity contribution is 5.25. The molecule has 0 N–H and O–H groups in total. The van der Waals surface area contributed by atoms with Crippen molar-refractivity contribution in [2.75, 3.05) is 0 Å². The SMILES string of the molecule is C(C#CCCCCC1C=CC=C1)#CCCCCC1C=CC=C1. The topological polar surface area (TPSA) is 0 Å². The molecule has 0 fully saturated rings. The maximum Gasteiger partial charge on any atom is 0.00989 e. The first kappa shape index (κ1) is 16.5. The maximum absolute atomic E-state index is 3.17. The summed E-state index contributed by atoms with van der Waals surface area (Å²) in [7, 11) is 0. The minimum Gasteiger partial charge on any atom is -0.0891 e. The molecule has 114 valence electrons. The highest BCUT2D eigenvalue weighted by Gasteiger charge is 2.02. The van der Waals surface area contributed by atoms with Crippen LogP contribution in [-0.4, -0.2) is 0 Å². The van der Waals surface area contributed by atoms with Crippen LogP contribution in [0.1, 0.15) is 51.4 Å². The lowest BCUT2D eigenvalue weighted by atomic mass is 10.0. The van der Waals surface area contributed by atoms with Crippen LogP contribution in [0, 0.1) is 35.5 Å². The smallest absolute Gasteiger partial charge is 0.00989 e. The molecule has 0 unspecified atom stereocenters. The molecule has 0 atom stereocenters. The minimum atomic E-state index is 0.669. The van der Waals surface area contributed by atoms with Gasteiger partial charge < -0.3 is 0 Å². The van der Waals surface area contributed by atoms with Gasteiger partial charge >= 0.3 is 0 Å². The van der Waals surface area contributed by atoms with E-state index in [1.54, 1.807) is 0 Å². The number of unbranched alkanes of at least 4 members (excludes halogenated alkanes) is 4. The van der Waals surface area contributed by atoms with E-state index in [4.69, 9.17) is 0 Å². The molecular weight excluding hydrogens is 264 g/mol. The average molecular weight is 290 g/mol. The van der Waals surface area contributed by atoms with Gasteiger partial charge in [-0.05, 0) is 49.4 Å². The second-order valence-electron chi connectivity index (χ2n) is 5.96. The van der Waals surface area contributed by atoms with Crippen molar-refractivity contribution in [1.29, 1.82) is 0 Å². The molecule has 0 nitrogen and oxygen atoms in total. The first-order valence-corrected chi connectivity index (χ1v) is 8.61. The first-order chi connectivity index (χ1) is 10.9. The summed E-state index contributed by atoms with van der Waals surface area (Å²) in [5, 5.41) is 0. The number of rotatable bonds is 8. The Balaban J connectivity index is 1.41. The summed E-state index contributed by atoms with van der Waals surface area (Å²) in [5.41, 5.74) is 0. The van der Waals surface area contributed by atoms with Crippen molar-refractivity contribution in [2.24, 2.45) is 11.8 Å². The molecule has 2 aliphatic carbocycles. The van der Waals surface area contributed by atoms with Crippen molar-refractivity contribution in [3.8, 4) is 23.7 Å². The molecule has 0 heterocycles. The normalized spacial score (nSPS) is 15.8. The molecule has 22 heavy (non-hydrogen) atoms. The summed E-state index contributed by atoms with van der Waals surface area (Å²) in [6.45, 7) is 0. The van der Waals surface area contributed by atoms with Crippen LogP contribution in [0.5, 0.6) is 0 Å². The molecule has 0 bridgehead atoms. The van der Waals surface area contributed by atoms with Crippen LogP contribution in [0.25, 0.3) is 0 Å².